The van der Waals surface area contributed by atoms with E-state index in [-0.39, 0.29) is 5.82 Å². The first-order valence-corrected chi connectivity index (χ1v) is 6.61. The lowest BCUT2D eigenvalue weighted by Crippen LogP contribution is -2.46. The van der Waals surface area contributed by atoms with Crippen LogP contribution < -0.4 is 5.32 Å². The van der Waals surface area contributed by atoms with E-state index in [1.165, 1.54) is 12.1 Å². The Bertz CT molecular complexity index is 373. The molecule has 1 fully saturated rings. The summed E-state index contributed by atoms with van der Waals surface area (Å²) in [6.07, 6.45) is 1.11. The van der Waals surface area contributed by atoms with Crippen LogP contribution in [0.25, 0.3) is 0 Å². The Labute approximate surface area is 108 Å². The molecular formula is C14H21FN2O. The summed E-state index contributed by atoms with van der Waals surface area (Å²) in [6.45, 7) is 6.63. The number of rotatable bonds is 5. The summed E-state index contributed by atoms with van der Waals surface area (Å²) in [5.74, 6) is -0.196. The van der Waals surface area contributed by atoms with E-state index in [0.29, 0.717) is 6.04 Å². The van der Waals surface area contributed by atoms with Crippen molar-refractivity contribution in [1.29, 1.82) is 0 Å². The largest absolute Gasteiger partial charge is 0.384 e. The van der Waals surface area contributed by atoms with Crippen LogP contribution >= 0.6 is 0 Å². The van der Waals surface area contributed by atoms with E-state index >= 15 is 0 Å². The third kappa shape index (κ3) is 3.68. The zero-order chi connectivity index (χ0) is 12.8. The van der Waals surface area contributed by atoms with Crippen LogP contribution in [-0.4, -0.2) is 43.8 Å². The van der Waals surface area contributed by atoms with Gasteiger partial charge in [-0.3, -0.25) is 4.90 Å². The highest BCUT2D eigenvalue weighted by atomic mass is 19.1. The van der Waals surface area contributed by atoms with Gasteiger partial charge in [-0.05, 0) is 24.6 Å². The zero-order valence-corrected chi connectivity index (χ0v) is 10.9. The van der Waals surface area contributed by atoms with Gasteiger partial charge < -0.3 is 10.1 Å². The van der Waals surface area contributed by atoms with Gasteiger partial charge in [-0.25, -0.2) is 4.39 Å². The molecule has 1 atom stereocenters. The summed E-state index contributed by atoms with van der Waals surface area (Å²) in [6, 6.07) is 7.12. The predicted molar refractivity (Wildman–Crippen MR) is 71.4 cm³/mol. The molecule has 1 saturated heterocycles. The molecule has 0 amide bonds. The molecule has 1 aliphatic heterocycles. The monoisotopic (exact) mass is 252 g/mol. The molecule has 3 nitrogen and oxygen atoms in total. The highest BCUT2D eigenvalue weighted by Gasteiger charge is 2.20. The van der Waals surface area contributed by atoms with Crippen molar-refractivity contribution in [2.45, 2.75) is 19.4 Å². The molecule has 0 radical (unpaired) electrons. The zero-order valence-electron chi connectivity index (χ0n) is 10.9. The number of nitrogens with one attached hydrogen (secondary N) is 1. The summed E-state index contributed by atoms with van der Waals surface area (Å²) < 4.78 is 18.5. The van der Waals surface area contributed by atoms with E-state index in [2.05, 4.69) is 17.1 Å². The molecular weight excluding hydrogens is 231 g/mol. The SMILES string of the molecule is CCC1COCCN1CCNc1cccc(F)c1. The molecule has 0 aromatic heterocycles. The minimum Gasteiger partial charge on any atom is -0.384 e. The number of hydrogen-bond donors (Lipinski definition) is 1. The van der Waals surface area contributed by atoms with Crippen molar-refractivity contribution in [3.8, 4) is 0 Å². The third-order valence-electron chi connectivity index (χ3n) is 3.37. The number of halogens is 1. The standard InChI is InChI=1S/C14H21FN2O/c1-2-14-11-18-9-8-17(14)7-6-16-13-5-3-4-12(15)10-13/h3-5,10,14,16H,2,6-9,11H2,1H3. The molecule has 100 valence electrons. The van der Waals surface area contributed by atoms with Crippen molar-refractivity contribution >= 4 is 5.69 Å². The highest BCUT2D eigenvalue weighted by Crippen LogP contribution is 2.11. The fourth-order valence-electron chi connectivity index (χ4n) is 2.30. The number of benzene rings is 1. The summed E-state index contributed by atoms with van der Waals surface area (Å²) in [4.78, 5) is 2.44. The number of ether oxygens (including phenoxy) is 1. The minimum atomic E-state index is -0.196. The van der Waals surface area contributed by atoms with Gasteiger partial charge in [-0.1, -0.05) is 13.0 Å². The maximum Gasteiger partial charge on any atom is 0.125 e. The van der Waals surface area contributed by atoms with Crippen LogP contribution in [0.15, 0.2) is 24.3 Å². The second-order valence-corrected chi connectivity index (χ2v) is 4.61. The van der Waals surface area contributed by atoms with Crippen LogP contribution in [0.2, 0.25) is 0 Å². The molecule has 0 aliphatic carbocycles. The van der Waals surface area contributed by atoms with Crippen molar-refractivity contribution in [2.75, 3.05) is 38.2 Å². The van der Waals surface area contributed by atoms with Crippen LogP contribution in [-0.2, 0) is 4.74 Å². The number of morpholine rings is 1. The van der Waals surface area contributed by atoms with Gasteiger partial charge >= 0.3 is 0 Å². The first kappa shape index (κ1) is 13.3. The Morgan fingerprint density at radius 2 is 2.39 bits per heavy atom. The van der Waals surface area contributed by atoms with Crippen molar-refractivity contribution in [2.24, 2.45) is 0 Å². The maximum atomic E-state index is 13.0. The normalized spacial score (nSPS) is 20.9. The van der Waals surface area contributed by atoms with Gasteiger partial charge in [-0.15, -0.1) is 0 Å². The molecule has 0 saturated carbocycles. The second-order valence-electron chi connectivity index (χ2n) is 4.61. The molecule has 2 rings (SSSR count). The lowest BCUT2D eigenvalue weighted by Gasteiger charge is -2.35. The van der Waals surface area contributed by atoms with Crippen LogP contribution in [0.4, 0.5) is 10.1 Å². The Hall–Kier alpha value is -1.13. The summed E-state index contributed by atoms with van der Waals surface area (Å²) in [7, 11) is 0. The predicted octanol–water partition coefficient (Wildman–Crippen LogP) is 2.35. The number of hydrogen-bond acceptors (Lipinski definition) is 3. The van der Waals surface area contributed by atoms with E-state index < -0.39 is 0 Å². The van der Waals surface area contributed by atoms with Gasteiger partial charge in [0.2, 0.25) is 0 Å². The van der Waals surface area contributed by atoms with Crippen LogP contribution in [0.5, 0.6) is 0 Å². The van der Waals surface area contributed by atoms with Crippen molar-refractivity contribution in [3.63, 3.8) is 0 Å². The van der Waals surface area contributed by atoms with Gasteiger partial charge in [0.1, 0.15) is 5.82 Å². The fraction of sp³-hybridized carbons (Fsp3) is 0.571. The van der Waals surface area contributed by atoms with Crippen molar-refractivity contribution < 1.29 is 9.13 Å². The van der Waals surface area contributed by atoms with Gasteiger partial charge in [0.25, 0.3) is 0 Å². The second kappa shape index (κ2) is 6.71. The lowest BCUT2D eigenvalue weighted by atomic mass is 10.2. The summed E-state index contributed by atoms with van der Waals surface area (Å²) in [5.41, 5.74) is 0.844. The Morgan fingerprint density at radius 3 is 3.17 bits per heavy atom. The van der Waals surface area contributed by atoms with E-state index in [9.17, 15) is 4.39 Å². The summed E-state index contributed by atoms with van der Waals surface area (Å²) >= 11 is 0. The first-order chi connectivity index (χ1) is 8.79. The van der Waals surface area contributed by atoms with E-state index in [1.54, 1.807) is 6.07 Å². The van der Waals surface area contributed by atoms with Gasteiger partial charge in [0.05, 0.1) is 13.2 Å². The smallest absolute Gasteiger partial charge is 0.125 e. The van der Waals surface area contributed by atoms with E-state index in [1.807, 2.05) is 6.07 Å². The van der Waals surface area contributed by atoms with Gasteiger partial charge in [0.15, 0.2) is 0 Å². The Balaban J connectivity index is 1.77. The van der Waals surface area contributed by atoms with E-state index in [0.717, 1.165) is 45.0 Å². The topological polar surface area (TPSA) is 24.5 Å². The molecule has 1 N–H and O–H groups in total. The molecule has 1 heterocycles. The van der Waals surface area contributed by atoms with Crippen LogP contribution in [0, 0.1) is 5.82 Å². The summed E-state index contributed by atoms with van der Waals surface area (Å²) in [5, 5.41) is 3.25. The molecule has 18 heavy (non-hydrogen) atoms. The molecule has 0 spiro atoms. The first-order valence-electron chi connectivity index (χ1n) is 6.61. The molecule has 0 bridgehead atoms. The molecule has 4 heteroatoms. The van der Waals surface area contributed by atoms with Gasteiger partial charge in [-0.2, -0.15) is 0 Å². The van der Waals surface area contributed by atoms with Crippen LogP contribution in [0.1, 0.15) is 13.3 Å². The average molecular weight is 252 g/mol. The number of anilines is 1. The molecule has 1 unspecified atom stereocenters. The van der Waals surface area contributed by atoms with Crippen molar-refractivity contribution in [1.82, 2.24) is 4.90 Å². The fourth-order valence-corrected chi connectivity index (χ4v) is 2.30. The molecule has 1 aromatic carbocycles. The third-order valence-corrected chi connectivity index (χ3v) is 3.37. The number of nitrogens with zero attached hydrogens (tertiary/aromatic N) is 1. The molecule has 1 aliphatic rings. The van der Waals surface area contributed by atoms with Crippen LogP contribution in [0.3, 0.4) is 0 Å². The quantitative estimate of drug-likeness (QED) is 0.870. The average Bonchev–Trinajstić information content (AvgIpc) is 2.39. The Kier molecular flexibility index (Phi) is 4.96. The maximum absolute atomic E-state index is 13.0. The lowest BCUT2D eigenvalue weighted by molar-refractivity contribution is -0.00648. The van der Waals surface area contributed by atoms with Gasteiger partial charge in [0, 0.05) is 31.4 Å². The molecule has 1 aromatic rings. The Morgan fingerprint density at radius 1 is 1.50 bits per heavy atom. The van der Waals surface area contributed by atoms with E-state index in [4.69, 9.17) is 4.74 Å². The highest BCUT2D eigenvalue weighted by molar-refractivity contribution is 5.42. The van der Waals surface area contributed by atoms with Crippen molar-refractivity contribution in [3.05, 3.63) is 30.1 Å². The minimum absolute atomic E-state index is 0.196.